The van der Waals surface area contributed by atoms with Gasteiger partial charge in [0, 0.05) is 26.6 Å². The highest BCUT2D eigenvalue weighted by atomic mass is 16.5. The number of amides is 1. The van der Waals surface area contributed by atoms with Gasteiger partial charge in [-0.15, -0.1) is 0 Å². The molecule has 0 fully saturated rings. The largest absolute Gasteiger partial charge is 0.383 e. The monoisotopic (exact) mass is 517 g/mol. The third-order valence-corrected chi connectivity index (χ3v) is 6.80. The molecule has 0 aliphatic carbocycles. The molecule has 196 valence electrons. The first-order valence-corrected chi connectivity index (χ1v) is 13.1. The lowest BCUT2D eigenvalue weighted by atomic mass is 10.0. The van der Waals surface area contributed by atoms with Gasteiger partial charge in [0.05, 0.1) is 29.6 Å². The maximum absolute atomic E-state index is 13.5. The summed E-state index contributed by atoms with van der Waals surface area (Å²) in [7, 11) is 1.63. The fourth-order valence-electron chi connectivity index (χ4n) is 4.72. The topological polar surface area (TPSA) is 64.4 Å². The second-order valence-corrected chi connectivity index (χ2v) is 9.38. The van der Waals surface area contributed by atoms with Crippen LogP contribution in [0.1, 0.15) is 11.4 Å². The van der Waals surface area contributed by atoms with Gasteiger partial charge in [0.25, 0.3) is 5.56 Å². The lowest BCUT2D eigenvalue weighted by molar-refractivity contribution is -0.131. The number of ether oxygens (including phenoxy) is 1. The molecular weight excluding hydrogens is 486 g/mol. The summed E-state index contributed by atoms with van der Waals surface area (Å²) in [6.07, 6.45) is 0.715. The van der Waals surface area contributed by atoms with Gasteiger partial charge in [-0.3, -0.25) is 14.2 Å². The third kappa shape index (κ3) is 6.13. The van der Waals surface area contributed by atoms with E-state index in [1.54, 1.807) is 22.6 Å². The molecule has 1 amide bonds. The summed E-state index contributed by atoms with van der Waals surface area (Å²) in [5.41, 5.74) is 4.50. The highest BCUT2D eigenvalue weighted by molar-refractivity contribution is 5.79. The van der Waals surface area contributed by atoms with E-state index in [1.807, 2.05) is 78.9 Å². The van der Waals surface area contributed by atoms with Crippen LogP contribution in [0.25, 0.3) is 27.7 Å². The van der Waals surface area contributed by atoms with Crippen molar-refractivity contribution in [3.63, 3.8) is 0 Å². The van der Waals surface area contributed by atoms with E-state index in [9.17, 15) is 9.59 Å². The number of para-hydroxylation sites is 2. The van der Waals surface area contributed by atoms with Crippen LogP contribution in [0, 0.1) is 0 Å². The summed E-state index contributed by atoms with van der Waals surface area (Å²) in [4.78, 5) is 33.5. The molecule has 0 radical (unpaired) electrons. The van der Waals surface area contributed by atoms with Crippen molar-refractivity contribution in [1.29, 1.82) is 0 Å². The van der Waals surface area contributed by atoms with Crippen LogP contribution in [0.4, 0.5) is 0 Å². The van der Waals surface area contributed by atoms with E-state index in [0.29, 0.717) is 42.8 Å². The van der Waals surface area contributed by atoms with Crippen LogP contribution in [0.2, 0.25) is 0 Å². The Morgan fingerprint density at radius 2 is 1.44 bits per heavy atom. The third-order valence-electron chi connectivity index (χ3n) is 6.80. The molecule has 0 atom stereocenters. The Labute approximate surface area is 228 Å². The number of hydrogen-bond donors (Lipinski definition) is 0. The zero-order valence-electron chi connectivity index (χ0n) is 22.0. The van der Waals surface area contributed by atoms with Crippen LogP contribution in [-0.4, -0.2) is 47.2 Å². The predicted molar refractivity (Wildman–Crippen MR) is 155 cm³/mol. The van der Waals surface area contributed by atoms with Crippen molar-refractivity contribution in [2.45, 2.75) is 12.8 Å². The number of methoxy groups -OCH3 is 1. The van der Waals surface area contributed by atoms with Crippen molar-refractivity contribution in [3.8, 4) is 16.8 Å². The van der Waals surface area contributed by atoms with Crippen LogP contribution in [-0.2, 0) is 22.4 Å². The molecule has 0 spiro atoms. The van der Waals surface area contributed by atoms with Gasteiger partial charge in [-0.2, -0.15) is 0 Å². The number of hydrogen-bond acceptors (Lipinski definition) is 4. The molecule has 0 bridgehead atoms. The van der Waals surface area contributed by atoms with Crippen LogP contribution in [0.3, 0.4) is 0 Å². The van der Waals surface area contributed by atoms with Crippen molar-refractivity contribution in [2.75, 3.05) is 26.8 Å². The van der Waals surface area contributed by atoms with Crippen molar-refractivity contribution >= 4 is 16.8 Å². The Balaban J connectivity index is 1.37. The molecule has 0 aliphatic rings. The second kappa shape index (κ2) is 12.3. The number of carbonyl (C=O) groups excluding carboxylic acids is 1. The van der Waals surface area contributed by atoms with Crippen molar-refractivity contribution in [1.82, 2.24) is 14.5 Å². The highest BCUT2D eigenvalue weighted by Gasteiger charge is 2.18. The number of aromatic nitrogens is 2. The number of rotatable bonds is 10. The van der Waals surface area contributed by atoms with E-state index in [0.717, 1.165) is 22.4 Å². The normalized spacial score (nSPS) is 11.0. The maximum Gasteiger partial charge on any atom is 0.265 e. The zero-order valence-corrected chi connectivity index (χ0v) is 22.0. The van der Waals surface area contributed by atoms with E-state index in [4.69, 9.17) is 9.72 Å². The maximum atomic E-state index is 13.5. The lowest BCUT2D eigenvalue weighted by Crippen LogP contribution is -2.37. The SMILES string of the molecule is COCCN(CCc1nc2ccccc2c(=O)n1-c1ccccc1)C(=O)Cc1ccc(-c2ccccc2)cc1. The van der Waals surface area contributed by atoms with E-state index in [1.165, 1.54) is 0 Å². The van der Waals surface area contributed by atoms with Crippen LogP contribution < -0.4 is 5.56 Å². The average Bonchev–Trinajstić information content (AvgIpc) is 2.98. The minimum absolute atomic E-state index is 0.00825. The van der Waals surface area contributed by atoms with Gasteiger partial charge in [-0.1, -0.05) is 84.9 Å². The van der Waals surface area contributed by atoms with Gasteiger partial charge in [0.2, 0.25) is 5.91 Å². The molecular formula is C33H31N3O3. The highest BCUT2D eigenvalue weighted by Crippen LogP contribution is 2.20. The molecule has 1 aromatic heterocycles. The Morgan fingerprint density at radius 1 is 0.795 bits per heavy atom. The summed E-state index contributed by atoms with van der Waals surface area (Å²) in [6.45, 7) is 1.30. The summed E-state index contributed by atoms with van der Waals surface area (Å²) < 4.78 is 6.95. The first-order valence-electron chi connectivity index (χ1n) is 13.1. The van der Waals surface area contributed by atoms with Gasteiger partial charge in [0.15, 0.2) is 0 Å². The van der Waals surface area contributed by atoms with Gasteiger partial charge in [-0.05, 0) is 41.0 Å². The van der Waals surface area contributed by atoms with Crippen molar-refractivity contribution in [2.24, 2.45) is 0 Å². The van der Waals surface area contributed by atoms with Crippen LogP contribution in [0.5, 0.6) is 0 Å². The summed E-state index contributed by atoms with van der Waals surface area (Å²) >= 11 is 0. The Morgan fingerprint density at radius 3 is 2.15 bits per heavy atom. The van der Waals surface area contributed by atoms with Crippen LogP contribution in [0.15, 0.2) is 114 Å². The molecule has 6 nitrogen and oxygen atoms in total. The molecule has 4 aromatic carbocycles. The van der Waals surface area contributed by atoms with Gasteiger partial charge in [-0.25, -0.2) is 4.98 Å². The fraction of sp³-hybridized carbons (Fsp3) is 0.182. The fourth-order valence-corrected chi connectivity index (χ4v) is 4.72. The van der Waals surface area contributed by atoms with E-state index in [-0.39, 0.29) is 17.9 Å². The van der Waals surface area contributed by atoms with Crippen molar-refractivity contribution < 1.29 is 9.53 Å². The average molecular weight is 518 g/mol. The van der Waals surface area contributed by atoms with Crippen molar-refractivity contribution in [3.05, 3.63) is 131 Å². The molecule has 0 aliphatic heterocycles. The number of fused-ring (bicyclic) bond motifs is 1. The standard InChI is InChI=1S/C33H31N3O3/c1-39-23-22-35(32(37)24-25-16-18-27(19-17-25)26-10-4-2-5-11-26)21-20-31-34-30-15-9-8-14-29(30)33(38)36(31)28-12-6-3-7-13-28/h2-19H,20-24H2,1H3. The van der Waals surface area contributed by atoms with Gasteiger partial charge < -0.3 is 9.64 Å². The van der Waals surface area contributed by atoms with E-state index in [2.05, 4.69) is 24.3 Å². The summed E-state index contributed by atoms with van der Waals surface area (Å²) in [5, 5.41) is 0.566. The minimum atomic E-state index is -0.116. The first-order chi connectivity index (χ1) is 19.1. The number of carbonyl (C=O) groups is 1. The predicted octanol–water partition coefficient (Wildman–Crippen LogP) is 5.31. The summed E-state index contributed by atoms with van der Waals surface area (Å²) in [5.74, 6) is 0.626. The molecule has 0 N–H and O–H groups in total. The lowest BCUT2D eigenvalue weighted by Gasteiger charge is -2.23. The molecule has 1 heterocycles. The van der Waals surface area contributed by atoms with E-state index >= 15 is 0 Å². The molecule has 39 heavy (non-hydrogen) atoms. The Hall–Kier alpha value is -4.55. The quantitative estimate of drug-likeness (QED) is 0.252. The number of nitrogens with zero attached hydrogens (tertiary/aromatic N) is 3. The molecule has 5 aromatic rings. The molecule has 0 unspecified atom stereocenters. The van der Waals surface area contributed by atoms with Gasteiger partial charge >= 0.3 is 0 Å². The molecule has 6 heteroatoms. The first kappa shape index (κ1) is 26.1. The molecule has 5 rings (SSSR count). The molecule has 0 saturated carbocycles. The second-order valence-electron chi connectivity index (χ2n) is 9.38. The Kier molecular flexibility index (Phi) is 8.24. The van der Waals surface area contributed by atoms with Crippen LogP contribution >= 0.6 is 0 Å². The zero-order chi connectivity index (χ0) is 27.0. The smallest absolute Gasteiger partial charge is 0.265 e. The van der Waals surface area contributed by atoms with Gasteiger partial charge in [0.1, 0.15) is 5.82 Å². The Bertz CT molecular complexity index is 1600. The number of benzene rings is 4. The summed E-state index contributed by atoms with van der Waals surface area (Å²) in [6, 6.07) is 35.2. The van der Waals surface area contributed by atoms with E-state index < -0.39 is 0 Å². The minimum Gasteiger partial charge on any atom is -0.383 e. The molecule has 0 saturated heterocycles.